The molecule has 0 spiro atoms. The van der Waals surface area contributed by atoms with Crippen molar-refractivity contribution in [3.8, 4) is 11.1 Å². The molecule has 0 unspecified atom stereocenters. The molecule has 0 aromatic heterocycles. The molecule has 0 N–H and O–H groups in total. The molecular weight excluding hydrogens is 344 g/mol. The van der Waals surface area contributed by atoms with Gasteiger partial charge in [-0.1, -0.05) is 0 Å². The molecule has 0 aliphatic carbocycles. The molecular formula is C18H14Te. The van der Waals surface area contributed by atoms with Crippen LogP contribution in [0.1, 0.15) is 0 Å². The van der Waals surface area contributed by atoms with Gasteiger partial charge >= 0.3 is 124 Å². The van der Waals surface area contributed by atoms with E-state index in [4.69, 9.17) is 0 Å². The molecule has 0 aliphatic heterocycles. The summed E-state index contributed by atoms with van der Waals surface area (Å²) < 4.78 is 2.97. The van der Waals surface area contributed by atoms with E-state index in [1.54, 1.807) is 0 Å². The predicted molar refractivity (Wildman–Crippen MR) is 83.3 cm³/mol. The van der Waals surface area contributed by atoms with E-state index in [0.29, 0.717) is 0 Å². The molecule has 1 heteroatoms. The molecule has 0 aliphatic rings. The van der Waals surface area contributed by atoms with Gasteiger partial charge in [-0.05, 0) is 0 Å². The minimum atomic E-state index is -0.245. The van der Waals surface area contributed by atoms with Crippen molar-refractivity contribution >= 4 is 28.1 Å². The zero-order valence-electron chi connectivity index (χ0n) is 10.5. The monoisotopic (exact) mass is 360 g/mol. The van der Waals surface area contributed by atoms with Gasteiger partial charge in [-0.2, -0.15) is 0 Å². The van der Waals surface area contributed by atoms with Crippen molar-refractivity contribution in [3.05, 3.63) is 84.9 Å². The molecule has 3 aromatic rings. The fourth-order valence-corrected chi connectivity index (χ4v) is 4.36. The quantitative estimate of drug-likeness (QED) is 0.632. The third kappa shape index (κ3) is 3.26. The maximum atomic E-state index is 2.28. The van der Waals surface area contributed by atoms with Crippen LogP contribution in [-0.2, 0) is 0 Å². The van der Waals surface area contributed by atoms with Crippen molar-refractivity contribution in [1.82, 2.24) is 0 Å². The van der Waals surface area contributed by atoms with Gasteiger partial charge in [-0.25, -0.2) is 0 Å². The Morgan fingerprint density at radius 2 is 0.895 bits per heavy atom. The number of hydrogen-bond donors (Lipinski definition) is 0. The third-order valence-electron chi connectivity index (χ3n) is 2.94. The molecule has 0 saturated heterocycles. The van der Waals surface area contributed by atoms with E-state index in [-0.39, 0.29) is 20.9 Å². The minimum absolute atomic E-state index is 0.245. The molecule has 0 heterocycles. The Morgan fingerprint density at radius 3 is 1.53 bits per heavy atom. The SMILES string of the molecule is c1ccc([Te]c2ccc(-c3ccccc3)cc2)cc1. The van der Waals surface area contributed by atoms with Crippen LogP contribution >= 0.6 is 0 Å². The van der Waals surface area contributed by atoms with E-state index in [9.17, 15) is 0 Å². The van der Waals surface area contributed by atoms with Crippen molar-refractivity contribution in [2.75, 3.05) is 0 Å². The first kappa shape index (κ1) is 12.5. The molecule has 19 heavy (non-hydrogen) atoms. The Labute approximate surface area is 124 Å². The van der Waals surface area contributed by atoms with Crippen LogP contribution in [0.5, 0.6) is 0 Å². The van der Waals surface area contributed by atoms with Gasteiger partial charge in [0.1, 0.15) is 0 Å². The van der Waals surface area contributed by atoms with E-state index in [1.165, 1.54) is 18.3 Å². The number of rotatable bonds is 3. The van der Waals surface area contributed by atoms with Crippen LogP contribution in [0, 0.1) is 0 Å². The molecule has 0 saturated carbocycles. The van der Waals surface area contributed by atoms with Gasteiger partial charge < -0.3 is 0 Å². The average Bonchev–Trinajstić information content (AvgIpc) is 2.50. The fourth-order valence-electron chi connectivity index (χ4n) is 1.97. The molecule has 0 nitrogen and oxygen atoms in total. The van der Waals surface area contributed by atoms with Crippen LogP contribution in [0.25, 0.3) is 11.1 Å². The summed E-state index contributed by atoms with van der Waals surface area (Å²) in [5, 5.41) is 0. The summed E-state index contributed by atoms with van der Waals surface area (Å²) in [5.41, 5.74) is 2.58. The van der Waals surface area contributed by atoms with Crippen LogP contribution in [0.3, 0.4) is 0 Å². The van der Waals surface area contributed by atoms with E-state index in [2.05, 4.69) is 84.9 Å². The number of benzene rings is 3. The van der Waals surface area contributed by atoms with Crippen LogP contribution in [0.15, 0.2) is 84.9 Å². The van der Waals surface area contributed by atoms with Crippen LogP contribution in [0.2, 0.25) is 0 Å². The molecule has 3 aromatic carbocycles. The van der Waals surface area contributed by atoms with Crippen molar-refractivity contribution in [3.63, 3.8) is 0 Å². The molecule has 0 amide bonds. The fraction of sp³-hybridized carbons (Fsp3) is 0. The normalized spacial score (nSPS) is 10.3. The molecule has 92 valence electrons. The van der Waals surface area contributed by atoms with Crippen molar-refractivity contribution in [1.29, 1.82) is 0 Å². The van der Waals surface area contributed by atoms with Gasteiger partial charge in [0.25, 0.3) is 0 Å². The summed E-state index contributed by atoms with van der Waals surface area (Å²) in [4.78, 5) is 0. The van der Waals surface area contributed by atoms with Crippen molar-refractivity contribution < 1.29 is 0 Å². The Balaban J connectivity index is 1.80. The molecule has 3 rings (SSSR count). The van der Waals surface area contributed by atoms with Crippen LogP contribution in [-0.4, -0.2) is 20.9 Å². The Hall–Kier alpha value is -1.55. The summed E-state index contributed by atoms with van der Waals surface area (Å²) in [6.07, 6.45) is 0. The zero-order valence-corrected chi connectivity index (χ0v) is 12.8. The van der Waals surface area contributed by atoms with Crippen LogP contribution in [0.4, 0.5) is 0 Å². The van der Waals surface area contributed by atoms with Crippen LogP contribution < -0.4 is 7.22 Å². The summed E-state index contributed by atoms with van der Waals surface area (Å²) in [7, 11) is 0. The summed E-state index contributed by atoms with van der Waals surface area (Å²) in [6.45, 7) is 0. The summed E-state index contributed by atoms with van der Waals surface area (Å²) in [5.74, 6) is 0. The summed E-state index contributed by atoms with van der Waals surface area (Å²) >= 11 is -0.245. The first-order valence-corrected chi connectivity index (χ1v) is 8.63. The van der Waals surface area contributed by atoms with Gasteiger partial charge in [0, 0.05) is 0 Å². The first-order chi connectivity index (χ1) is 9.42. The molecule has 0 radical (unpaired) electrons. The predicted octanol–water partition coefficient (Wildman–Crippen LogP) is 3.01. The second-order valence-corrected chi connectivity index (χ2v) is 7.58. The Kier molecular flexibility index (Phi) is 3.98. The first-order valence-electron chi connectivity index (χ1n) is 6.30. The van der Waals surface area contributed by atoms with Gasteiger partial charge in [-0.15, -0.1) is 0 Å². The molecule has 0 atom stereocenters. The standard InChI is InChI=1S/C18H14Te/c1-3-7-15(8-4-1)16-11-13-18(14-12-16)19-17-9-5-2-6-10-17/h1-14H. The second-order valence-electron chi connectivity index (χ2n) is 4.31. The Bertz CT molecular complexity index is 628. The van der Waals surface area contributed by atoms with Crippen molar-refractivity contribution in [2.45, 2.75) is 0 Å². The third-order valence-corrected chi connectivity index (χ3v) is 5.84. The van der Waals surface area contributed by atoms with Gasteiger partial charge in [0.15, 0.2) is 0 Å². The van der Waals surface area contributed by atoms with Crippen molar-refractivity contribution in [2.24, 2.45) is 0 Å². The molecule has 0 bridgehead atoms. The van der Waals surface area contributed by atoms with E-state index in [0.717, 1.165) is 0 Å². The van der Waals surface area contributed by atoms with E-state index >= 15 is 0 Å². The van der Waals surface area contributed by atoms with E-state index < -0.39 is 0 Å². The number of hydrogen-bond acceptors (Lipinski definition) is 0. The zero-order chi connectivity index (χ0) is 12.9. The van der Waals surface area contributed by atoms with E-state index in [1.807, 2.05) is 0 Å². The van der Waals surface area contributed by atoms with Gasteiger partial charge in [0.05, 0.1) is 0 Å². The topological polar surface area (TPSA) is 0 Å². The maximum absolute atomic E-state index is 2.28. The average molecular weight is 358 g/mol. The summed E-state index contributed by atoms with van der Waals surface area (Å²) in [6, 6.07) is 30.3. The van der Waals surface area contributed by atoms with Gasteiger partial charge in [-0.3, -0.25) is 0 Å². The molecule has 0 fully saturated rings. The van der Waals surface area contributed by atoms with Gasteiger partial charge in [0.2, 0.25) is 0 Å². The Morgan fingerprint density at radius 1 is 0.421 bits per heavy atom. The second kappa shape index (κ2) is 6.06.